The highest BCUT2D eigenvalue weighted by molar-refractivity contribution is 9.10. The van der Waals surface area contributed by atoms with E-state index in [4.69, 9.17) is 9.47 Å². The number of hydrogen-bond acceptors (Lipinski definition) is 4. The molecule has 2 aromatic carbocycles. The Morgan fingerprint density at radius 2 is 1.64 bits per heavy atom. The van der Waals surface area contributed by atoms with Crippen LogP contribution in [-0.2, 0) is 5.41 Å². The maximum atomic E-state index is 12.6. The van der Waals surface area contributed by atoms with Gasteiger partial charge in [-0.2, -0.15) is 0 Å². The second kappa shape index (κ2) is 7.35. The fourth-order valence-corrected chi connectivity index (χ4v) is 2.85. The third-order valence-corrected chi connectivity index (χ3v) is 4.60. The Morgan fingerprint density at radius 1 is 1.08 bits per heavy atom. The first-order valence-corrected chi connectivity index (χ1v) is 8.53. The van der Waals surface area contributed by atoms with Crippen molar-refractivity contribution in [1.82, 2.24) is 0 Å². The molecule has 0 aliphatic rings. The molecule has 0 saturated carbocycles. The molecule has 0 aromatic heterocycles. The van der Waals surface area contributed by atoms with Crippen LogP contribution in [0, 0.1) is 0 Å². The molecule has 2 aromatic rings. The Morgan fingerprint density at radius 3 is 2.12 bits per heavy atom. The van der Waals surface area contributed by atoms with Crippen LogP contribution in [0.2, 0.25) is 0 Å². The number of carbonyl (C=O) groups is 1. The normalized spacial score (nSPS) is 11.1. The predicted molar refractivity (Wildman–Crippen MR) is 102 cm³/mol. The van der Waals surface area contributed by atoms with Crippen molar-refractivity contribution in [2.75, 3.05) is 19.5 Å². The smallest absolute Gasteiger partial charge is 0.256 e. The molecule has 0 unspecified atom stereocenters. The molecule has 2 rings (SSSR count). The average molecular weight is 408 g/mol. The van der Waals surface area contributed by atoms with Crippen LogP contribution < -0.4 is 14.8 Å². The van der Waals surface area contributed by atoms with Gasteiger partial charge in [-0.25, -0.2) is 0 Å². The van der Waals surface area contributed by atoms with Crippen LogP contribution in [0.4, 0.5) is 5.69 Å². The summed E-state index contributed by atoms with van der Waals surface area (Å²) in [4.78, 5) is 12.6. The van der Waals surface area contributed by atoms with E-state index in [1.54, 1.807) is 24.3 Å². The van der Waals surface area contributed by atoms with Crippen LogP contribution >= 0.6 is 15.9 Å². The van der Waals surface area contributed by atoms with Crippen LogP contribution in [0.15, 0.2) is 34.8 Å². The Hall–Kier alpha value is -2.21. The SMILES string of the molecule is COc1cc(C(=O)Nc2cc(C(C)(C)C)ccc2O)cc(OC)c1Br. The number of ether oxygens (including phenoxy) is 2. The van der Waals surface area contributed by atoms with E-state index in [-0.39, 0.29) is 17.1 Å². The summed E-state index contributed by atoms with van der Waals surface area (Å²) in [6, 6.07) is 8.41. The molecule has 6 heteroatoms. The third-order valence-electron chi connectivity index (χ3n) is 3.82. The second-order valence-electron chi connectivity index (χ2n) is 6.63. The van der Waals surface area contributed by atoms with Crippen molar-refractivity contribution < 1.29 is 19.4 Å². The van der Waals surface area contributed by atoms with Crippen molar-refractivity contribution >= 4 is 27.5 Å². The predicted octanol–water partition coefficient (Wildman–Crippen LogP) is 4.72. The fraction of sp³-hybridized carbons (Fsp3) is 0.316. The van der Waals surface area contributed by atoms with Crippen LogP contribution in [-0.4, -0.2) is 25.2 Å². The van der Waals surface area contributed by atoms with E-state index in [9.17, 15) is 9.90 Å². The lowest BCUT2D eigenvalue weighted by atomic mass is 9.87. The summed E-state index contributed by atoms with van der Waals surface area (Å²) in [5.74, 6) is 0.608. The minimum absolute atomic E-state index is 0.0115. The highest BCUT2D eigenvalue weighted by atomic mass is 79.9. The summed E-state index contributed by atoms with van der Waals surface area (Å²) >= 11 is 3.37. The molecule has 0 fully saturated rings. The van der Waals surface area contributed by atoms with Gasteiger partial charge in [-0.05, 0) is 51.2 Å². The molecular weight excluding hydrogens is 386 g/mol. The number of benzene rings is 2. The van der Waals surface area contributed by atoms with Gasteiger partial charge in [0.2, 0.25) is 0 Å². The van der Waals surface area contributed by atoms with Crippen molar-refractivity contribution in [3.8, 4) is 17.2 Å². The largest absolute Gasteiger partial charge is 0.506 e. The standard InChI is InChI=1S/C19H22BrNO4/c1-19(2,3)12-6-7-14(22)13(10-12)21-18(23)11-8-15(24-4)17(20)16(9-11)25-5/h6-10,22H,1-5H3,(H,21,23). The fourth-order valence-electron chi connectivity index (χ4n) is 2.30. The molecule has 5 nitrogen and oxygen atoms in total. The average Bonchev–Trinajstić information content (AvgIpc) is 2.55. The first kappa shape index (κ1) is 19.1. The van der Waals surface area contributed by atoms with Crippen molar-refractivity contribution in [3.05, 3.63) is 45.9 Å². The Balaban J connectivity index is 2.37. The van der Waals surface area contributed by atoms with E-state index >= 15 is 0 Å². The maximum Gasteiger partial charge on any atom is 0.256 e. The van der Waals surface area contributed by atoms with E-state index in [1.807, 2.05) is 6.07 Å². The Kier molecular flexibility index (Phi) is 5.62. The van der Waals surface area contributed by atoms with E-state index in [0.29, 0.717) is 27.2 Å². The molecule has 0 spiro atoms. The van der Waals surface area contributed by atoms with E-state index < -0.39 is 0 Å². The molecule has 2 N–H and O–H groups in total. The quantitative estimate of drug-likeness (QED) is 0.719. The number of hydrogen-bond donors (Lipinski definition) is 2. The zero-order valence-electron chi connectivity index (χ0n) is 14.9. The van der Waals surface area contributed by atoms with Gasteiger partial charge in [0, 0.05) is 5.56 Å². The van der Waals surface area contributed by atoms with Crippen molar-refractivity contribution in [2.24, 2.45) is 0 Å². The molecule has 0 saturated heterocycles. The summed E-state index contributed by atoms with van der Waals surface area (Å²) in [6.07, 6.45) is 0. The van der Waals surface area contributed by atoms with Gasteiger partial charge in [0.05, 0.1) is 19.9 Å². The van der Waals surface area contributed by atoms with Gasteiger partial charge in [0.15, 0.2) is 0 Å². The van der Waals surface area contributed by atoms with Gasteiger partial charge in [0.25, 0.3) is 5.91 Å². The lowest BCUT2D eigenvalue weighted by molar-refractivity contribution is 0.102. The first-order chi connectivity index (χ1) is 11.7. The van der Waals surface area contributed by atoms with Crippen LogP contribution in [0.25, 0.3) is 0 Å². The van der Waals surface area contributed by atoms with Crippen molar-refractivity contribution in [2.45, 2.75) is 26.2 Å². The molecule has 0 atom stereocenters. The van der Waals surface area contributed by atoms with Crippen molar-refractivity contribution in [1.29, 1.82) is 0 Å². The lowest BCUT2D eigenvalue weighted by Gasteiger charge is -2.20. The van der Waals surface area contributed by atoms with Gasteiger partial charge in [-0.15, -0.1) is 0 Å². The number of rotatable bonds is 4. The van der Waals surface area contributed by atoms with Gasteiger partial charge in [-0.3, -0.25) is 4.79 Å². The zero-order valence-corrected chi connectivity index (χ0v) is 16.5. The molecule has 1 amide bonds. The summed E-state index contributed by atoms with van der Waals surface area (Å²) < 4.78 is 11.2. The van der Waals surface area contributed by atoms with Gasteiger partial charge in [-0.1, -0.05) is 26.8 Å². The number of phenolic OH excluding ortho intramolecular Hbond substituents is 1. The molecule has 0 radical (unpaired) electrons. The second-order valence-corrected chi connectivity index (χ2v) is 7.42. The van der Waals surface area contributed by atoms with Crippen LogP contribution in [0.3, 0.4) is 0 Å². The van der Waals surface area contributed by atoms with E-state index in [2.05, 4.69) is 42.0 Å². The number of carbonyl (C=O) groups excluding carboxylic acids is 1. The minimum atomic E-state index is -0.370. The Labute approximate surface area is 156 Å². The summed E-state index contributed by atoms with van der Waals surface area (Å²) in [5.41, 5.74) is 1.62. The molecule has 0 aliphatic carbocycles. The molecule has 25 heavy (non-hydrogen) atoms. The Bertz CT molecular complexity index is 771. The summed E-state index contributed by atoms with van der Waals surface area (Å²) in [6.45, 7) is 6.19. The summed E-state index contributed by atoms with van der Waals surface area (Å²) in [5, 5.41) is 12.8. The lowest BCUT2D eigenvalue weighted by Crippen LogP contribution is -2.15. The molecule has 134 valence electrons. The highest BCUT2D eigenvalue weighted by Gasteiger charge is 2.18. The van der Waals surface area contributed by atoms with Crippen molar-refractivity contribution in [3.63, 3.8) is 0 Å². The van der Waals surface area contributed by atoms with Crippen LogP contribution in [0.1, 0.15) is 36.7 Å². The molecular formula is C19H22BrNO4. The zero-order chi connectivity index (χ0) is 18.8. The maximum absolute atomic E-state index is 12.6. The monoisotopic (exact) mass is 407 g/mol. The topological polar surface area (TPSA) is 67.8 Å². The number of methoxy groups -OCH3 is 2. The highest BCUT2D eigenvalue weighted by Crippen LogP contribution is 2.36. The van der Waals surface area contributed by atoms with Gasteiger partial charge in [0.1, 0.15) is 21.7 Å². The third kappa shape index (κ3) is 4.25. The van der Waals surface area contributed by atoms with Crippen LogP contribution in [0.5, 0.6) is 17.2 Å². The molecule has 0 bridgehead atoms. The number of halogens is 1. The van der Waals surface area contributed by atoms with E-state index in [0.717, 1.165) is 5.56 Å². The first-order valence-electron chi connectivity index (χ1n) is 7.73. The number of anilines is 1. The number of nitrogens with one attached hydrogen (secondary N) is 1. The minimum Gasteiger partial charge on any atom is -0.506 e. The molecule has 0 aliphatic heterocycles. The van der Waals surface area contributed by atoms with E-state index in [1.165, 1.54) is 14.2 Å². The number of aromatic hydroxyl groups is 1. The molecule has 0 heterocycles. The summed E-state index contributed by atoms with van der Waals surface area (Å²) in [7, 11) is 3.03. The number of phenols is 1. The van der Waals surface area contributed by atoms with Gasteiger partial charge < -0.3 is 19.9 Å². The number of amides is 1. The van der Waals surface area contributed by atoms with Gasteiger partial charge >= 0.3 is 0 Å².